The molecule has 16 heavy (non-hydrogen) atoms. The Morgan fingerprint density at radius 2 is 2.25 bits per heavy atom. The minimum atomic E-state index is -3.69. The molecule has 1 aromatic rings. The molecule has 0 radical (unpaired) electrons. The molecule has 0 fully saturated rings. The summed E-state index contributed by atoms with van der Waals surface area (Å²) in [7, 11) is -3.69. The maximum absolute atomic E-state index is 12.8. The second kappa shape index (κ2) is 5.70. The summed E-state index contributed by atoms with van der Waals surface area (Å²) in [5, 5.41) is 0.505. The number of alkyl halides is 1. The summed E-state index contributed by atoms with van der Waals surface area (Å²) in [6.45, 7) is 1.86. The van der Waals surface area contributed by atoms with Crippen LogP contribution < -0.4 is 4.72 Å². The van der Waals surface area contributed by atoms with E-state index in [4.69, 9.17) is 0 Å². The molecule has 1 atom stereocenters. The lowest BCUT2D eigenvalue weighted by atomic mass is 10.3. The molecule has 7 heteroatoms. The fraction of sp³-hybridized carbons (Fsp3) is 0.444. The van der Waals surface area contributed by atoms with Gasteiger partial charge in [-0.15, -0.1) is 0 Å². The van der Waals surface area contributed by atoms with Crippen LogP contribution in [0.2, 0.25) is 0 Å². The Kier molecular flexibility index (Phi) is 4.82. The summed E-state index contributed by atoms with van der Waals surface area (Å²) in [5.74, 6) is -0.672. The molecule has 0 spiro atoms. The predicted octanol–water partition coefficient (Wildman–Crippen LogP) is 1.67. The normalized spacial score (nSPS) is 13.7. The van der Waals surface area contributed by atoms with E-state index in [1.165, 1.54) is 0 Å². The second-order valence-corrected chi connectivity index (χ2v) is 5.58. The molecule has 0 saturated carbocycles. The lowest BCUT2D eigenvalue weighted by molar-refractivity contribution is 0.555. The summed E-state index contributed by atoms with van der Waals surface area (Å²) in [6.07, 6.45) is 2.72. The van der Waals surface area contributed by atoms with Crippen LogP contribution in [0.4, 0.5) is 4.39 Å². The van der Waals surface area contributed by atoms with Crippen LogP contribution in [0.25, 0.3) is 0 Å². The first kappa shape index (κ1) is 13.5. The van der Waals surface area contributed by atoms with Gasteiger partial charge in [0.1, 0.15) is 10.7 Å². The molecule has 90 valence electrons. The summed E-state index contributed by atoms with van der Waals surface area (Å²) >= 11 is 3.20. The van der Waals surface area contributed by atoms with E-state index < -0.39 is 15.8 Å². The molecule has 0 aliphatic heterocycles. The molecule has 1 unspecified atom stereocenters. The third kappa shape index (κ3) is 3.50. The summed E-state index contributed by atoms with van der Waals surface area (Å²) in [5.41, 5.74) is 0. The monoisotopic (exact) mass is 310 g/mol. The van der Waals surface area contributed by atoms with E-state index in [0.29, 0.717) is 11.8 Å². The van der Waals surface area contributed by atoms with Crippen LogP contribution in [0, 0.1) is 5.82 Å². The van der Waals surface area contributed by atoms with Crippen LogP contribution in [0.15, 0.2) is 23.4 Å². The standard InChI is InChI=1S/C9H12BrFN2O2S/c1-2-8(4-10)13-16(14,15)9-3-7(11)5-12-6-9/h3,5-6,8,13H,2,4H2,1H3. The number of hydrogen-bond acceptors (Lipinski definition) is 3. The minimum absolute atomic E-state index is 0.160. The maximum Gasteiger partial charge on any atom is 0.242 e. The van der Waals surface area contributed by atoms with Crippen molar-refractivity contribution in [1.82, 2.24) is 9.71 Å². The molecule has 1 heterocycles. The quantitative estimate of drug-likeness (QED) is 0.842. The fourth-order valence-electron chi connectivity index (χ4n) is 1.05. The van der Waals surface area contributed by atoms with Crippen molar-refractivity contribution in [3.8, 4) is 0 Å². The molecule has 0 amide bonds. The van der Waals surface area contributed by atoms with Gasteiger partial charge in [-0.3, -0.25) is 4.98 Å². The molecule has 0 aromatic carbocycles. The van der Waals surface area contributed by atoms with Crippen molar-refractivity contribution in [2.24, 2.45) is 0 Å². The van der Waals surface area contributed by atoms with Gasteiger partial charge in [0.25, 0.3) is 0 Å². The van der Waals surface area contributed by atoms with Gasteiger partial charge >= 0.3 is 0 Å². The summed E-state index contributed by atoms with van der Waals surface area (Å²) in [6, 6.07) is 0.726. The number of rotatable bonds is 5. The van der Waals surface area contributed by atoms with Crippen LogP contribution in [-0.4, -0.2) is 24.8 Å². The van der Waals surface area contributed by atoms with Gasteiger partial charge in [0.15, 0.2) is 0 Å². The highest BCUT2D eigenvalue weighted by atomic mass is 79.9. The Bertz CT molecular complexity index is 449. The average molecular weight is 311 g/mol. The zero-order valence-corrected chi connectivity index (χ0v) is 11.1. The van der Waals surface area contributed by atoms with Crippen molar-refractivity contribution in [2.75, 3.05) is 5.33 Å². The van der Waals surface area contributed by atoms with E-state index in [1.54, 1.807) is 0 Å². The SMILES string of the molecule is CCC(CBr)NS(=O)(=O)c1cncc(F)c1. The Balaban J connectivity index is 2.94. The maximum atomic E-state index is 12.8. The van der Waals surface area contributed by atoms with Gasteiger partial charge in [0.05, 0.1) is 6.20 Å². The first-order valence-corrected chi connectivity index (χ1v) is 7.29. The molecule has 0 saturated heterocycles. The molecule has 1 rings (SSSR count). The first-order valence-electron chi connectivity index (χ1n) is 4.68. The highest BCUT2D eigenvalue weighted by Gasteiger charge is 2.19. The molecule has 0 aliphatic carbocycles. The van der Waals surface area contributed by atoms with E-state index in [2.05, 4.69) is 25.6 Å². The van der Waals surface area contributed by atoms with Gasteiger partial charge in [-0.25, -0.2) is 17.5 Å². The van der Waals surface area contributed by atoms with E-state index in [1.807, 2.05) is 6.92 Å². The topological polar surface area (TPSA) is 59.1 Å². The molecule has 0 aliphatic rings. The van der Waals surface area contributed by atoms with E-state index in [-0.39, 0.29) is 10.9 Å². The highest BCUT2D eigenvalue weighted by Crippen LogP contribution is 2.10. The largest absolute Gasteiger partial charge is 0.260 e. The van der Waals surface area contributed by atoms with E-state index >= 15 is 0 Å². The average Bonchev–Trinajstić information content (AvgIpc) is 2.26. The molecule has 1 N–H and O–H groups in total. The zero-order valence-electron chi connectivity index (χ0n) is 8.65. The molecule has 4 nitrogen and oxygen atoms in total. The Morgan fingerprint density at radius 3 is 2.75 bits per heavy atom. The lowest BCUT2D eigenvalue weighted by Gasteiger charge is -2.13. The lowest BCUT2D eigenvalue weighted by Crippen LogP contribution is -2.35. The smallest absolute Gasteiger partial charge is 0.242 e. The Labute approximate surface area is 102 Å². The van der Waals surface area contributed by atoms with Gasteiger partial charge in [-0.05, 0) is 12.5 Å². The summed E-state index contributed by atoms with van der Waals surface area (Å²) in [4.78, 5) is 3.34. The predicted molar refractivity (Wildman–Crippen MR) is 62.4 cm³/mol. The minimum Gasteiger partial charge on any atom is -0.260 e. The number of halogens is 2. The van der Waals surface area contributed by atoms with Crippen LogP contribution in [0.5, 0.6) is 0 Å². The first-order chi connectivity index (χ1) is 7.49. The van der Waals surface area contributed by atoms with Crippen molar-refractivity contribution in [3.05, 3.63) is 24.3 Å². The highest BCUT2D eigenvalue weighted by molar-refractivity contribution is 9.09. The fourth-order valence-corrected chi connectivity index (χ4v) is 3.18. The van der Waals surface area contributed by atoms with E-state index in [0.717, 1.165) is 18.5 Å². The number of sulfonamides is 1. The Morgan fingerprint density at radius 1 is 1.56 bits per heavy atom. The molecule has 0 bridgehead atoms. The van der Waals surface area contributed by atoms with Crippen LogP contribution in [-0.2, 0) is 10.0 Å². The molecular formula is C9H12BrFN2O2S. The van der Waals surface area contributed by atoms with Crippen molar-refractivity contribution < 1.29 is 12.8 Å². The number of aromatic nitrogens is 1. The van der Waals surface area contributed by atoms with Crippen LogP contribution >= 0.6 is 15.9 Å². The van der Waals surface area contributed by atoms with Gasteiger partial charge in [-0.1, -0.05) is 22.9 Å². The van der Waals surface area contributed by atoms with Crippen LogP contribution in [0.1, 0.15) is 13.3 Å². The third-order valence-electron chi connectivity index (χ3n) is 1.99. The molecule has 1 aromatic heterocycles. The number of pyridine rings is 1. The van der Waals surface area contributed by atoms with Crippen molar-refractivity contribution in [2.45, 2.75) is 24.3 Å². The van der Waals surface area contributed by atoms with Crippen molar-refractivity contribution >= 4 is 26.0 Å². The van der Waals surface area contributed by atoms with Crippen LogP contribution in [0.3, 0.4) is 0 Å². The van der Waals surface area contributed by atoms with Gasteiger partial charge < -0.3 is 0 Å². The number of nitrogens with zero attached hydrogens (tertiary/aromatic N) is 1. The van der Waals surface area contributed by atoms with Crippen molar-refractivity contribution in [3.63, 3.8) is 0 Å². The van der Waals surface area contributed by atoms with Crippen molar-refractivity contribution in [1.29, 1.82) is 0 Å². The van der Waals surface area contributed by atoms with Gasteiger partial charge in [0.2, 0.25) is 10.0 Å². The van der Waals surface area contributed by atoms with E-state index in [9.17, 15) is 12.8 Å². The Hall–Kier alpha value is -0.530. The second-order valence-electron chi connectivity index (χ2n) is 3.22. The molecular weight excluding hydrogens is 299 g/mol. The van der Waals surface area contributed by atoms with Gasteiger partial charge in [-0.2, -0.15) is 0 Å². The number of nitrogens with one attached hydrogen (secondary N) is 1. The zero-order chi connectivity index (χ0) is 12.2. The number of hydrogen-bond donors (Lipinski definition) is 1. The summed E-state index contributed by atoms with van der Waals surface area (Å²) < 4.78 is 38.8. The van der Waals surface area contributed by atoms with Gasteiger partial charge in [0, 0.05) is 17.6 Å². The third-order valence-corrected chi connectivity index (χ3v) is 4.26.